The van der Waals surface area contributed by atoms with Crippen LogP contribution in [0, 0.1) is 0 Å². The van der Waals surface area contributed by atoms with Crippen molar-refractivity contribution in [2.45, 2.75) is 58.2 Å². The molecule has 2 aromatic carbocycles. The van der Waals surface area contributed by atoms with Crippen LogP contribution in [0.1, 0.15) is 50.0 Å². The molecular formula is C24H31N3O4. The number of carbonyl (C=O) groups excluding carboxylic acids is 2. The van der Waals surface area contributed by atoms with Crippen LogP contribution < -0.4 is 11.1 Å². The number of carboxylic acids is 1. The number of rotatable bonds is 8. The van der Waals surface area contributed by atoms with E-state index in [1.165, 1.54) is 13.0 Å². The number of hydrogen-bond acceptors (Lipinski definition) is 4. The first-order valence-electron chi connectivity index (χ1n) is 10.3. The molecule has 0 saturated carbocycles. The number of nitrogens with zero attached hydrogens (tertiary/aromatic N) is 1. The third kappa shape index (κ3) is 6.57. The van der Waals surface area contributed by atoms with Crippen molar-refractivity contribution in [3.8, 4) is 0 Å². The van der Waals surface area contributed by atoms with E-state index >= 15 is 0 Å². The Labute approximate surface area is 183 Å². The zero-order valence-corrected chi connectivity index (χ0v) is 18.5. The number of carboxylic acid groups (broad SMARTS) is 1. The predicted molar refractivity (Wildman–Crippen MR) is 121 cm³/mol. The van der Waals surface area contributed by atoms with Crippen LogP contribution in [-0.4, -0.2) is 45.4 Å². The van der Waals surface area contributed by atoms with Gasteiger partial charge in [0.2, 0.25) is 5.91 Å². The molecule has 7 heteroatoms. The number of nitrogens with one attached hydrogen (secondary N) is 1. The normalized spacial score (nSPS) is 13.2. The Morgan fingerprint density at radius 3 is 2.16 bits per heavy atom. The van der Waals surface area contributed by atoms with Crippen molar-refractivity contribution in [3.05, 3.63) is 65.7 Å². The molecule has 0 fully saturated rings. The van der Waals surface area contributed by atoms with Gasteiger partial charge < -0.3 is 21.1 Å². The van der Waals surface area contributed by atoms with Gasteiger partial charge in [0, 0.05) is 11.2 Å². The highest BCUT2D eigenvalue weighted by Gasteiger charge is 2.38. The van der Waals surface area contributed by atoms with Gasteiger partial charge in [0.05, 0.1) is 5.56 Å². The lowest BCUT2D eigenvalue weighted by atomic mass is 9.99. The molecule has 0 spiro atoms. The summed E-state index contributed by atoms with van der Waals surface area (Å²) in [6, 6.07) is 13.8. The van der Waals surface area contributed by atoms with Gasteiger partial charge in [0.15, 0.2) is 0 Å². The number of benzene rings is 2. The Morgan fingerprint density at radius 2 is 1.61 bits per heavy atom. The summed E-state index contributed by atoms with van der Waals surface area (Å²) in [5, 5.41) is 12.6. The van der Waals surface area contributed by atoms with Crippen molar-refractivity contribution in [1.82, 2.24) is 10.2 Å². The van der Waals surface area contributed by atoms with Crippen molar-refractivity contribution < 1.29 is 19.5 Å². The van der Waals surface area contributed by atoms with E-state index in [1.54, 1.807) is 18.2 Å². The number of aryl methyl sites for hydroxylation is 1. The quantitative estimate of drug-likeness (QED) is 0.563. The van der Waals surface area contributed by atoms with E-state index in [2.05, 4.69) is 5.32 Å². The fourth-order valence-corrected chi connectivity index (χ4v) is 3.33. The summed E-state index contributed by atoms with van der Waals surface area (Å²) in [6.45, 7) is 6.91. The third-order valence-corrected chi connectivity index (χ3v) is 4.89. The second kappa shape index (κ2) is 10.1. The molecule has 2 atom stereocenters. The summed E-state index contributed by atoms with van der Waals surface area (Å²) < 4.78 is 0. The number of para-hydroxylation sites is 1. The topological polar surface area (TPSA) is 113 Å². The number of nitrogens with two attached hydrogens (primary N) is 1. The van der Waals surface area contributed by atoms with E-state index in [-0.39, 0.29) is 17.7 Å². The minimum Gasteiger partial charge on any atom is -0.480 e. The lowest BCUT2D eigenvalue weighted by molar-refractivity contribution is -0.143. The molecule has 2 aromatic rings. The minimum atomic E-state index is -1.22. The summed E-state index contributed by atoms with van der Waals surface area (Å²) in [5.41, 5.74) is 6.83. The maximum atomic E-state index is 13.4. The molecular weight excluding hydrogens is 394 g/mol. The number of hydrogen-bond donors (Lipinski definition) is 3. The first-order chi connectivity index (χ1) is 14.5. The molecule has 7 nitrogen and oxygen atoms in total. The molecule has 2 rings (SSSR count). The lowest BCUT2D eigenvalue weighted by Gasteiger charge is -2.36. The number of aliphatic carboxylic acids is 1. The molecule has 0 aliphatic rings. The Bertz CT molecular complexity index is 922. The van der Waals surface area contributed by atoms with Gasteiger partial charge in [-0.25, -0.2) is 4.79 Å². The lowest BCUT2D eigenvalue weighted by Crippen LogP contribution is -2.58. The second-order valence-corrected chi connectivity index (χ2v) is 8.59. The number of nitrogen functional groups attached to an aromatic ring is 1. The molecule has 166 valence electrons. The first kappa shape index (κ1) is 23.9. The Balaban J connectivity index is 2.47. The number of amides is 2. The highest BCUT2D eigenvalue weighted by Crippen LogP contribution is 2.21. The van der Waals surface area contributed by atoms with Crippen LogP contribution in [0.25, 0.3) is 0 Å². The Hall–Kier alpha value is -3.35. The Kier molecular flexibility index (Phi) is 7.80. The Morgan fingerprint density at radius 1 is 1.03 bits per heavy atom. The summed E-state index contributed by atoms with van der Waals surface area (Å²) in [5.74, 6) is -2.19. The third-order valence-electron chi connectivity index (χ3n) is 4.89. The minimum absolute atomic E-state index is 0.170. The van der Waals surface area contributed by atoms with Crippen LogP contribution in [0.4, 0.5) is 5.69 Å². The van der Waals surface area contributed by atoms with Crippen molar-refractivity contribution in [2.24, 2.45) is 0 Å². The monoisotopic (exact) mass is 425 g/mol. The van der Waals surface area contributed by atoms with Crippen LogP contribution in [0.15, 0.2) is 54.6 Å². The van der Waals surface area contributed by atoms with Crippen LogP contribution in [0.2, 0.25) is 0 Å². The molecule has 0 saturated heterocycles. The van der Waals surface area contributed by atoms with E-state index in [1.807, 2.05) is 51.1 Å². The first-order valence-corrected chi connectivity index (χ1v) is 10.3. The van der Waals surface area contributed by atoms with Gasteiger partial charge in [-0.05, 0) is 58.2 Å². The molecule has 31 heavy (non-hydrogen) atoms. The fourth-order valence-electron chi connectivity index (χ4n) is 3.33. The SMILES string of the molecule is CC(C(=O)O)N(C(=O)c1ccccc1N)C(CCc1ccccc1)C(=O)NC(C)(C)C. The fraction of sp³-hybridized carbons (Fsp3) is 0.375. The molecule has 0 bridgehead atoms. The zero-order valence-electron chi connectivity index (χ0n) is 18.5. The summed E-state index contributed by atoms with van der Waals surface area (Å²) in [7, 11) is 0. The van der Waals surface area contributed by atoms with E-state index in [9.17, 15) is 19.5 Å². The zero-order chi connectivity index (χ0) is 23.2. The summed E-state index contributed by atoms with van der Waals surface area (Å²) >= 11 is 0. The maximum Gasteiger partial charge on any atom is 0.326 e. The average Bonchev–Trinajstić information content (AvgIpc) is 2.70. The van der Waals surface area contributed by atoms with Gasteiger partial charge in [-0.15, -0.1) is 0 Å². The van der Waals surface area contributed by atoms with Gasteiger partial charge in [-0.1, -0.05) is 42.5 Å². The van der Waals surface area contributed by atoms with Crippen LogP contribution in [-0.2, 0) is 16.0 Å². The summed E-state index contributed by atoms with van der Waals surface area (Å²) in [4.78, 5) is 39.7. The van der Waals surface area contributed by atoms with E-state index in [0.29, 0.717) is 6.42 Å². The molecule has 0 heterocycles. The van der Waals surface area contributed by atoms with Crippen LogP contribution in [0.5, 0.6) is 0 Å². The van der Waals surface area contributed by atoms with Gasteiger partial charge in [-0.3, -0.25) is 9.59 Å². The van der Waals surface area contributed by atoms with Crippen molar-refractivity contribution in [3.63, 3.8) is 0 Å². The largest absolute Gasteiger partial charge is 0.480 e. The summed E-state index contributed by atoms with van der Waals surface area (Å²) in [6.07, 6.45) is 0.769. The molecule has 2 unspecified atom stereocenters. The van der Waals surface area contributed by atoms with Crippen LogP contribution in [0.3, 0.4) is 0 Å². The molecule has 2 amide bonds. The van der Waals surface area contributed by atoms with Crippen LogP contribution >= 0.6 is 0 Å². The van der Waals surface area contributed by atoms with Crippen molar-refractivity contribution in [2.75, 3.05) is 5.73 Å². The highest BCUT2D eigenvalue weighted by molar-refractivity contribution is 6.03. The van der Waals surface area contributed by atoms with Gasteiger partial charge >= 0.3 is 5.97 Å². The van der Waals surface area contributed by atoms with E-state index in [4.69, 9.17) is 5.73 Å². The van der Waals surface area contributed by atoms with Crippen molar-refractivity contribution >= 4 is 23.5 Å². The maximum absolute atomic E-state index is 13.4. The smallest absolute Gasteiger partial charge is 0.326 e. The second-order valence-electron chi connectivity index (χ2n) is 8.59. The highest BCUT2D eigenvalue weighted by atomic mass is 16.4. The number of anilines is 1. The molecule has 0 aliphatic heterocycles. The molecule has 0 radical (unpaired) electrons. The van der Waals surface area contributed by atoms with Crippen molar-refractivity contribution in [1.29, 1.82) is 0 Å². The van der Waals surface area contributed by atoms with Gasteiger partial charge in [-0.2, -0.15) is 0 Å². The molecule has 0 aromatic heterocycles. The molecule has 4 N–H and O–H groups in total. The van der Waals surface area contributed by atoms with Gasteiger partial charge in [0.25, 0.3) is 5.91 Å². The standard InChI is InChI=1S/C24H31N3O4/c1-16(23(30)31)27(22(29)18-12-8-9-13-19(18)25)20(21(28)26-24(2,3)4)15-14-17-10-6-5-7-11-17/h5-13,16,20H,14-15,25H2,1-4H3,(H,26,28)(H,30,31). The molecule has 0 aliphatic carbocycles. The number of carbonyl (C=O) groups is 3. The average molecular weight is 426 g/mol. The van der Waals surface area contributed by atoms with E-state index in [0.717, 1.165) is 10.5 Å². The van der Waals surface area contributed by atoms with Gasteiger partial charge in [0.1, 0.15) is 12.1 Å². The predicted octanol–water partition coefficient (Wildman–Crippen LogP) is 3.10. The van der Waals surface area contributed by atoms with E-state index < -0.39 is 35.4 Å².